The van der Waals surface area contributed by atoms with Crippen molar-refractivity contribution in [3.8, 4) is 11.5 Å². The molecule has 1 unspecified atom stereocenters. The van der Waals surface area contributed by atoms with Crippen molar-refractivity contribution < 1.29 is 9.47 Å². The van der Waals surface area contributed by atoms with Gasteiger partial charge < -0.3 is 19.8 Å². The highest BCUT2D eigenvalue weighted by atomic mass is 35.5. The molecule has 1 aliphatic heterocycles. The molecule has 0 aliphatic carbocycles. The van der Waals surface area contributed by atoms with Crippen LogP contribution in [-0.2, 0) is 6.42 Å². The number of aromatic nitrogens is 1. The van der Waals surface area contributed by atoms with Gasteiger partial charge in [0.1, 0.15) is 11.5 Å². The second kappa shape index (κ2) is 6.86. The van der Waals surface area contributed by atoms with Gasteiger partial charge in [-0.2, -0.15) is 0 Å². The molecule has 4 rings (SSSR count). The molecule has 2 heterocycles. The summed E-state index contributed by atoms with van der Waals surface area (Å²) in [6, 6.07) is 10.2. The number of aryl methyl sites for hydroxylation is 1. The van der Waals surface area contributed by atoms with Crippen LogP contribution >= 0.6 is 11.6 Å². The van der Waals surface area contributed by atoms with Crippen molar-refractivity contribution in [1.82, 2.24) is 10.3 Å². The van der Waals surface area contributed by atoms with Gasteiger partial charge in [-0.15, -0.1) is 0 Å². The number of halogens is 1. The monoisotopic (exact) mass is 370 g/mol. The van der Waals surface area contributed by atoms with E-state index in [1.807, 2.05) is 32.0 Å². The van der Waals surface area contributed by atoms with Gasteiger partial charge in [-0.1, -0.05) is 11.6 Å². The van der Waals surface area contributed by atoms with Crippen LogP contribution in [0.25, 0.3) is 10.9 Å². The molecule has 0 saturated heterocycles. The molecule has 0 amide bonds. The molecule has 0 radical (unpaired) electrons. The lowest BCUT2D eigenvalue weighted by Gasteiger charge is -2.27. The highest BCUT2D eigenvalue weighted by molar-refractivity contribution is 6.30. The predicted octanol–water partition coefficient (Wildman–Crippen LogP) is 4.77. The Labute approximate surface area is 158 Å². The lowest BCUT2D eigenvalue weighted by atomic mass is 9.92. The molecule has 0 fully saturated rings. The minimum Gasteiger partial charge on any atom is -0.496 e. The first-order valence-electron chi connectivity index (χ1n) is 8.97. The fourth-order valence-corrected chi connectivity index (χ4v) is 4.26. The third-order valence-corrected chi connectivity index (χ3v) is 5.24. The third-order valence-electron chi connectivity index (χ3n) is 5.02. The average molecular weight is 371 g/mol. The van der Waals surface area contributed by atoms with E-state index in [0.717, 1.165) is 46.1 Å². The number of benzene rings is 2. The van der Waals surface area contributed by atoms with Gasteiger partial charge >= 0.3 is 0 Å². The van der Waals surface area contributed by atoms with Crippen LogP contribution in [-0.4, -0.2) is 25.2 Å². The lowest BCUT2D eigenvalue weighted by molar-refractivity contribution is 0.340. The number of rotatable bonds is 4. The minimum atomic E-state index is 0.0223. The second-order valence-electron chi connectivity index (χ2n) is 6.64. The summed E-state index contributed by atoms with van der Waals surface area (Å²) in [6.45, 7) is 5.60. The fourth-order valence-electron chi connectivity index (χ4n) is 3.98. The number of aromatic amines is 1. The van der Waals surface area contributed by atoms with E-state index in [9.17, 15) is 0 Å². The second-order valence-corrected chi connectivity index (χ2v) is 7.08. The van der Waals surface area contributed by atoms with Crippen molar-refractivity contribution in [3.63, 3.8) is 0 Å². The number of fused-ring (bicyclic) bond motifs is 3. The number of hydrogen-bond acceptors (Lipinski definition) is 3. The Balaban J connectivity index is 1.87. The molecule has 0 spiro atoms. The smallest absolute Gasteiger partial charge is 0.127 e. The topological polar surface area (TPSA) is 46.3 Å². The first-order chi connectivity index (χ1) is 12.6. The van der Waals surface area contributed by atoms with Crippen LogP contribution in [0.3, 0.4) is 0 Å². The molecule has 1 atom stereocenters. The summed E-state index contributed by atoms with van der Waals surface area (Å²) in [5, 5.41) is 5.58. The predicted molar refractivity (Wildman–Crippen MR) is 106 cm³/mol. The maximum Gasteiger partial charge on any atom is 0.127 e. The number of H-pyrrole nitrogens is 1. The number of hydrogen-bond donors (Lipinski definition) is 2. The minimum absolute atomic E-state index is 0.0223. The summed E-state index contributed by atoms with van der Waals surface area (Å²) in [4.78, 5) is 3.61. The van der Waals surface area contributed by atoms with E-state index in [2.05, 4.69) is 22.4 Å². The molecular weight excluding hydrogens is 348 g/mol. The van der Waals surface area contributed by atoms with Gasteiger partial charge in [-0.25, -0.2) is 0 Å². The quantitative estimate of drug-likeness (QED) is 0.695. The summed E-state index contributed by atoms with van der Waals surface area (Å²) < 4.78 is 11.4. The van der Waals surface area contributed by atoms with E-state index >= 15 is 0 Å². The molecule has 136 valence electrons. The summed E-state index contributed by atoms with van der Waals surface area (Å²) in [7, 11) is 1.71. The Kier molecular flexibility index (Phi) is 4.55. The number of nitrogens with one attached hydrogen (secondary N) is 2. The Morgan fingerprint density at radius 2 is 2.08 bits per heavy atom. The maximum absolute atomic E-state index is 6.35. The van der Waals surface area contributed by atoms with Crippen LogP contribution in [0, 0.1) is 6.92 Å². The van der Waals surface area contributed by atoms with E-state index < -0.39 is 0 Å². The molecule has 26 heavy (non-hydrogen) atoms. The fraction of sp³-hybridized carbons (Fsp3) is 0.333. The van der Waals surface area contributed by atoms with Crippen molar-refractivity contribution in [2.45, 2.75) is 26.3 Å². The Morgan fingerprint density at radius 1 is 1.23 bits per heavy atom. The van der Waals surface area contributed by atoms with Crippen LogP contribution < -0.4 is 14.8 Å². The van der Waals surface area contributed by atoms with E-state index in [4.69, 9.17) is 21.1 Å². The van der Waals surface area contributed by atoms with Crippen molar-refractivity contribution >= 4 is 22.5 Å². The van der Waals surface area contributed by atoms with Crippen LogP contribution in [0.15, 0.2) is 30.3 Å². The third kappa shape index (κ3) is 2.83. The van der Waals surface area contributed by atoms with Crippen LogP contribution in [0.2, 0.25) is 5.02 Å². The molecule has 1 aliphatic rings. The van der Waals surface area contributed by atoms with Crippen LogP contribution in [0.1, 0.15) is 35.3 Å². The summed E-state index contributed by atoms with van der Waals surface area (Å²) in [5.74, 6) is 1.79. The zero-order valence-corrected chi connectivity index (χ0v) is 16.0. The summed E-state index contributed by atoms with van der Waals surface area (Å²) >= 11 is 6.35. The Bertz CT molecular complexity index is 964. The Morgan fingerprint density at radius 3 is 2.85 bits per heavy atom. The van der Waals surface area contributed by atoms with Crippen molar-refractivity contribution in [2.24, 2.45) is 0 Å². The van der Waals surface area contributed by atoms with Crippen LogP contribution in [0.5, 0.6) is 11.5 Å². The Hall–Kier alpha value is -2.17. The standard InChI is InChI=1S/C21H23ClN2O2/c1-4-26-14-5-6-18-16(11-14)15-7-8-23-19(20(15)24-18)17-10-13(22)9-12(2)21(17)25-3/h5-6,9-11,19,23-24H,4,7-8H2,1-3H3. The van der Waals surface area contributed by atoms with Gasteiger partial charge in [0.15, 0.2) is 0 Å². The molecule has 0 saturated carbocycles. The van der Waals surface area contributed by atoms with Gasteiger partial charge in [-0.3, -0.25) is 0 Å². The highest BCUT2D eigenvalue weighted by Gasteiger charge is 2.28. The van der Waals surface area contributed by atoms with Gasteiger partial charge in [-0.05, 0) is 61.7 Å². The number of ether oxygens (including phenoxy) is 2. The van der Waals surface area contributed by atoms with Gasteiger partial charge in [0, 0.05) is 33.7 Å². The molecule has 0 bridgehead atoms. The molecular formula is C21H23ClN2O2. The van der Waals surface area contributed by atoms with Gasteiger partial charge in [0.05, 0.1) is 19.8 Å². The van der Waals surface area contributed by atoms with E-state index in [0.29, 0.717) is 6.61 Å². The van der Waals surface area contributed by atoms with Crippen molar-refractivity contribution in [1.29, 1.82) is 0 Å². The molecule has 2 aromatic carbocycles. The van der Waals surface area contributed by atoms with E-state index in [1.165, 1.54) is 16.6 Å². The van der Waals surface area contributed by atoms with E-state index in [1.54, 1.807) is 7.11 Å². The van der Waals surface area contributed by atoms with Gasteiger partial charge in [0.2, 0.25) is 0 Å². The summed E-state index contributed by atoms with van der Waals surface area (Å²) in [5.41, 5.74) is 5.75. The molecule has 4 nitrogen and oxygen atoms in total. The van der Waals surface area contributed by atoms with Gasteiger partial charge in [0.25, 0.3) is 0 Å². The zero-order valence-electron chi connectivity index (χ0n) is 15.3. The van der Waals surface area contributed by atoms with E-state index in [-0.39, 0.29) is 6.04 Å². The summed E-state index contributed by atoms with van der Waals surface area (Å²) in [6.07, 6.45) is 0.975. The molecule has 5 heteroatoms. The zero-order chi connectivity index (χ0) is 18.3. The van der Waals surface area contributed by atoms with Crippen molar-refractivity contribution in [2.75, 3.05) is 20.3 Å². The first-order valence-corrected chi connectivity index (χ1v) is 9.35. The maximum atomic E-state index is 6.35. The molecule has 1 aromatic heterocycles. The lowest BCUT2D eigenvalue weighted by Crippen LogP contribution is -2.30. The number of methoxy groups -OCH3 is 1. The largest absolute Gasteiger partial charge is 0.496 e. The SMILES string of the molecule is CCOc1ccc2[nH]c3c(c2c1)CCNC3c1cc(Cl)cc(C)c1OC. The van der Waals surface area contributed by atoms with Crippen LogP contribution in [0.4, 0.5) is 0 Å². The molecule has 3 aromatic rings. The first kappa shape index (κ1) is 17.3. The molecule has 2 N–H and O–H groups in total. The highest BCUT2D eigenvalue weighted by Crippen LogP contribution is 2.40. The van der Waals surface area contributed by atoms with Crippen molar-refractivity contribution in [3.05, 3.63) is 57.7 Å². The normalized spacial score (nSPS) is 16.5. The average Bonchev–Trinajstić information content (AvgIpc) is 2.99.